The lowest BCUT2D eigenvalue weighted by Gasteiger charge is -2.00. The van der Waals surface area contributed by atoms with Crippen molar-refractivity contribution in [2.24, 2.45) is 0 Å². The Kier molecular flexibility index (Phi) is 5.77. The zero-order valence-electron chi connectivity index (χ0n) is 10.6. The highest BCUT2D eigenvalue weighted by Crippen LogP contribution is 2.28. The van der Waals surface area contributed by atoms with Crippen LogP contribution < -0.4 is 5.32 Å². The van der Waals surface area contributed by atoms with Crippen LogP contribution in [0.4, 0.5) is 0 Å². The number of nitrogens with one attached hydrogen (secondary N) is 1. The van der Waals surface area contributed by atoms with Crippen LogP contribution in [0.2, 0.25) is 0 Å². The van der Waals surface area contributed by atoms with Crippen molar-refractivity contribution in [3.8, 4) is 11.5 Å². The van der Waals surface area contributed by atoms with Gasteiger partial charge in [0, 0.05) is 14.5 Å². The molecule has 1 aromatic heterocycles. The third-order valence-electron chi connectivity index (χ3n) is 2.62. The van der Waals surface area contributed by atoms with E-state index in [1.165, 1.54) is 0 Å². The van der Waals surface area contributed by atoms with Crippen LogP contribution in [0, 0.1) is 3.57 Å². The smallest absolute Gasteiger partial charge is 0.248 e. The van der Waals surface area contributed by atoms with Gasteiger partial charge < -0.3 is 9.73 Å². The summed E-state index contributed by atoms with van der Waals surface area (Å²) in [6.07, 6.45) is 1.81. The van der Waals surface area contributed by atoms with Crippen molar-refractivity contribution < 1.29 is 4.42 Å². The van der Waals surface area contributed by atoms with Gasteiger partial charge in [-0.15, -0.1) is 10.2 Å². The van der Waals surface area contributed by atoms with E-state index in [9.17, 15) is 0 Å². The summed E-state index contributed by atoms with van der Waals surface area (Å²) in [6, 6.07) is 6.05. The molecule has 0 saturated carbocycles. The molecule has 4 nitrogen and oxygen atoms in total. The van der Waals surface area contributed by atoms with Gasteiger partial charge in [-0.1, -0.05) is 6.92 Å². The Morgan fingerprint density at radius 2 is 2.21 bits per heavy atom. The van der Waals surface area contributed by atoms with Crippen molar-refractivity contribution in [2.75, 3.05) is 13.1 Å². The molecule has 102 valence electrons. The van der Waals surface area contributed by atoms with Crippen molar-refractivity contribution in [1.82, 2.24) is 15.5 Å². The summed E-state index contributed by atoms with van der Waals surface area (Å²) in [6.45, 7) is 4.06. The van der Waals surface area contributed by atoms with Gasteiger partial charge >= 0.3 is 0 Å². The molecular weight excluding hydrogens is 421 g/mol. The molecule has 2 rings (SSSR count). The Bertz CT molecular complexity index is 544. The lowest BCUT2D eigenvalue weighted by atomic mass is 10.2. The van der Waals surface area contributed by atoms with E-state index >= 15 is 0 Å². The molecule has 0 aliphatic rings. The van der Waals surface area contributed by atoms with Crippen molar-refractivity contribution in [3.05, 3.63) is 32.1 Å². The number of hydrogen-bond donors (Lipinski definition) is 1. The molecule has 19 heavy (non-hydrogen) atoms. The van der Waals surface area contributed by atoms with E-state index < -0.39 is 0 Å². The Balaban J connectivity index is 2.06. The first-order valence-corrected chi connectivity index (χ1v) is 8.06. The first-order valence-electron chi connectivity index (χ1n) is 6.19. The number of aromatic nitrogens is 2. The maximum Gasteiger partial charge on any atom is 0.248 e. The van der Waals surface area contributed by atoms with Crippen molar-refractivity contribution in [3.63, 3.8) is 0 Å². The van der Waals surface area contributed by atoms with Gasteiger partial charge in [0.2, 0.25) is 11.8 Å². The molecule has 1 N–H and O–H groups in total. The molecule has 0 bridgehead atoms. The predicted molar refractivity (Wildman–Crippen MR) is 87.0 cm³/mol. The van der Waals surface area contributed by atoms with E-state index in [2.05, 4.69) is 61.0 Å². The van der Waals surface area contributed by atoms with Gasteiger partial charge in [0.05, 0.1) is 5.56 Å². The van der Waals surface area contributed by atoms with Gasteiger partial charge in [-0.2, -0.15) is 0 Å². The molecule has 0 radical (unpaired) electrons. The maximum atomic E-state index is 5.70. The third-order valence-corrected chi connectivity index (χ3v) is 3.98. The molecule has 6 heteroatoms. The molecule has 0 unspecified atom stereocenters. The average Bonchev–Trinajstić information content (AvgIpc) is 2.86. The highest BCUT2D eigenvalue weighted by Gasteiger charge is 2.11. The van der Waals surface area contributed by atoms with Crippen molar-refractivity contribution >= 4 is 38.5 Å². The van der Waals surface area contributed by atoms with Crippen LogP contribution >= 0.6 is 38.5 Å². The number of halogens is 2. The second kappa shape index (κ2) is 7.35. The second-order valence-corrected chi connectivity index (χ2v) is 6.18. The average molecular weight is 436 g/mol. The monoisotopic (exact) mass is 435 g/mol. The van der Waals surface area contributed by atoms with E-state index in [1.807, 2.05) is 18.2 Å². The fourth-order valence-corrected chi connectivity index (χ4v) is 2.57. The van der Waals surface area contributed by atoms with Crippen LogP contribution in [0.5, 0.6) is 0 Å². The summed E-state index contributed by atoms with van der Waals surface area (Å²) in [5.74, 6) is 1.27. The number of nitrogens with zero attached hydrogens (tertiary/aromatic N) is 2. The zero-order chi connectivity index (χ0) is 13.7. The van der Waals surface area contributed by atoms with Crippen molar-refractivity contribution in [1.29, 1.82) is 0 Å². The van der Waals surface area contributed by atoms with Crippen LogP contribution in [-0.4, -0.2) is 23.3 Å². The molecule has 0 amide bonds. The fraction of sp³-hybridized carbons (Fsp3) is 0.385. The highest BCUT2D eigenvalue weighted by atomic mass is 127. The van der Waals surface area contributed by atoms with E-state index in [1.54, 1.807) is 0 Å². The lowest BCUT2D eigenvalue weighted by molar-refractivity contribution is 0.492. The van der Waals surface area contributed by atoms with Gasteiger partial charge in [-0.25, -0.2) is 0 Å². The summed E-state index contributed by atoms with van der Waals surface area (Å²) >= 11 is 5.78. The Morgan fingerprint density at radius 3 is 3.00 bits per heavy atom. The van der Waals surface area contributed by atoms with E-state index in [0.29, 0.717) is 11.8 Å². The van der Waals surface area contributed by atoms with Gasteiger partial charge in [0.25, 0.3) is 0 Å². The van der Waals surface area contributed by atoms with Crippen LogP contribution in [0.25, 0.3) is 11.5 Å². The van der Waals surface area contributed by atoms with E-state index in [0.717, 1.165) is 39.5 Å². The number of rotatable bonds is 6. The lowest BCUT2D eigenvalue weighted by Crippen LogP contribution is -2.14. The van der Waals surface area contributed by atoms with E-state index in [-0.39, 0.29) is 0 Å². The van der Waals surface area contributed by atoms with Crippen LogP contribution in [0.1, 0.15) is 19.2 Å². The quantitative estimate of drug-likeness (QED) is 0.555. The first-order chi connectivity index (χ1) is 9.20. The van der Waals surface area contributed by atoms with Crippen LogP contribution in [-0.2, 0) is 6.42 Å². The molecule has 2 aromatic rings. The topological polar surface area (TPSA) is 51.0 Å². The standard InChI is InChI=1S/C13H15BrIN3O/c1-2-16-7-3-4-12-17-18-13(19-12)10-8-9(15)5-6-11(10)14/h5-6,8,16H,2-4,7H2,1H3. The van der Waals surface area contributed by atoms with Gasteiger partial charge in [0.15, 0.2) is 0 Å². The predicted octanol–water partition coefficient (Wildman–Crippen LogP) is 3.65. The molecule has 0 fully saturated rings. The zero-order valence-corrected chi connectivity index (χ0v) is 14.4. The molecule has 0 aliphatic carbocycles. The molecule has 0 spiro atoms. The minimum absolute atomic E-state index is 0.573. The van der Waals surface area contributed by atoms with Gasteiger partial charge in [-0.05, 0) is 76.2 Å². The minimum Gasteiger partial charge on any atom is -0.421 e. The van der Waals surface area contributed by atoms with Gasteiger partial charge in [-0.3, -0.25) is 0 Å². The van der Waals surface area contributed by atoms with Crippen LogP contribution in [0.3, 0.4) is 0 Å². The molecule has 1 heterocycles. The molecule has 1 aromatic carbocycles. The fourth-order valence-electron chi connectivity index (χ4n) is 1.67. The Labute approximate surface area is 134 Å². The van der Waals surface area contributed by atoms with Crippen LogP contribution in [0.15, 0.2) is 27.1 Å². The van der Waals surface area contributed by atoms with Crippen molar-refractivity contribution in [2.45, 2.75) is 19.8 Å². The normalized spacial score (nSPS) is 10.9. The SMILES string of the molecule is CCNCCCc1nnc(-c2cc(I)ccc2Br)o1. The maximum absolute atomic E-state index is 5.70. The Hall–Kier alpha value is -0.470. The van der Waals surface area contributed by atoms with Gasteiger partial charge in [0.1, 0.15) is 0 Å². The summed E-state index contributed by atoms with van der Waals surface area (Å²) in [5.41, 5.74) is 0.942. The third kappa shape index (κ3) is 4.25. The number of hydrogen-bond acceptors (Lipinski definition) is 4. The number of benzene rings is 1. The summed E-state index contributed by atoms with van der Waals surface area (Å²) in [5, 5.41) is 11.5. The highest BCUT2D eigenvalue weighted by molar-refractivity contribution is 14.1. The summed E-state index contributed by atoms with van der Waals surface area (Å²) in [7, 11) is 0. The number of aryl methyl sites for hydroxylation is 1. The first kappa shape index (κ1) is 14.9. The summed E-state index contributed by atoms with van der Waals surface area (Å²) in [4.78, 5) is 0. The summed E-state index contributed by atoms with van der Waals surface area (Å²) < 4.78 is 7.81. The molecule has 0 saturated heterocycles. The molecular formula is C13H15BrIN3O. The largest absolute Gasteiger partial charge is 0.421 e. The minimum atomic E-state index is 0.573. The van der Waals surface area contributed by atoms with E-state index in [4.69, 9.17) is 4.42 Å². The second-order valence-electron chi connectivity index (χ2n) is 4.08. The Morgan fingerprint density at radius 1 is 1.37 bits per heavy atom. The molecule has 0 aliphatic heterocycles. The molecule has 0 atom stereocenters.